The Bertz CT molecular complexity index is 617. The number of hydrogen-bond donors (Lipinski definition) is 0. The lowest BCUT2D eigenvalue weighted by Crippen LogP contribution is -2.55. The molecule has 0 spiro atoms. The highest BCUT2D eigenvalue weighted by molar-refractivity contribution is 14.1. The van der Waals surface area contributed by atoms with E-state index in [0.717, 1.165) is 24.6 Å². The first-order valence-electron chi connectivity index (χ1n) is 9.00. The second-order valence-electron chi connectivity index (χ2n) is 7.96. The minimum Gasteiger partial charge on any atom is -0.490 e. The molecule has 2 heterocycles. The Morgan fingerprint density at radius 1 is 1.40 bits per heavy atom. The smallest absolute Gasteiger partial charge is 0.410 e. The zero-order valence-electron chi connectivity index (χ0n) is 15.2. The van der Waals surface area contributed by atoms with E-state index in [-0.39, 0.29) is 12.1 Å². The number of carbonyl (C=O) groups excluding carboxylic acids is 1. The molecule has 0 aromatic carbocycles. The molecule has 138 valence electrons. The first-order chi connectivity index (χ1) is 11.9. The van der Waals surface area contributed by atoms with Crippen LogP contribution in [0.2, 0.25) is 0 Å². The first-order valence-corrected chi connectivity index (χ1v) is 10.5. The van der Waals surface area contributed by atoms with Crippen molar-refractivity contribution in [3.8, 4) is 5.75 Å². The van der Waals surface area contributed by atoms with Gasteiger partial charge in [0.1, 0.15) is 18.0 Å². The summed E-state index contributed by atoms with van der Waals surface area (Å²) in [6.45, 7) is 6.89. The van der Waals surface area contributed by atoms with Crippen LogP contribution in [-0.4, -0.2) is 45.2 Å². The van der Waals surface area contributed by atoms with Crippen molar-refractivity contribution in [1.82, 2.24) is 9.88 Å². The van der Waals surface area contributed by atoms with Crippen LogP contribution in [0.25, 0.3) is 0 Å². The molecule has 1 saturated heterocycles. The number of pyridine rings is 1. The molecule has 25 heavy (non-hydrogen) atoms. The summed E-state index contributed by atoms with van der Waals surface area (Å²) in [5.41, 5.74) is 0.819. The third-order valence-electron chi connectivity index (χ3n) is 4.78. The number of ether oxygens (including phenoxy) is 2. The van der Waals surface area contributed by atoms with Gasteiger partial charge in [-0.1, -0.05) is 22.6 Å². The van der Waals surface area contributed by atoms with E-state index in [2.05, 4.69) is 33.6 Å². The van der Waals surface area contributed by atoms with Gasteiger partial charge in [-0.3, -0.25) is 4.98 Å². The summed E-state index contributed by atoms with van der Waals surface area (Å²) < 4.78 is 12.6. The maximum absolute atomic E-state index is 12.1. The van der Waals surface area contributed by atoms with Crippen LogP contribution >= 0.6 is 22.6 Å². The number of amides is 1. The van der Waals surface area contributed by atoms with Crippen LogP contribution < -0.4 is 4.74 Å². The zero-order valence-corrected chi connectivity index (χ0v) is 17.4. The highest BCUT2D eigenvalue weighted by Crippen LogP contribution is 2.50. The lowest BCUT2D eigenvalue weighted by atomic mass is 10.1. The topological polar surface area (TPSA) is 51.7 Å². The SMILES string of the molecule is CC(C)(C)OC(=O)N1CC[C@H]1COc1cncc([C@H]2C[C@@H]2CCI)c1. The average molecular weight is 458 g/mol. The van der Waals surface area contributed by atoms with Crippen LogP contribution in [0, 0.1) is 5.92 Å². The van der Waals surface area contributed by atoms with Crippen molar-refractivity contribution in [1.29, 1.82) is 0 Å². The van der Waals surface area contributed by atoms with E-state index < -0.39 is 5.60 Å². The number of likely N-dealkylation sites (tertiary alicyclic amines) is 1. The lowest BCUT2D eigenvalue weighted by Gasteiger charge is -2.40. The minimum absolute atomic E-state index is 0.0891. The van der Waals surface area contributed by atoms with Crippen molar-refractivity contribution in [2.45, 2.75) is 57.6 Å². The summed E-state index contributed by atoms with van der Waals surface area (Å²) in [6.07, 6.45) is 6.97. The van der Waals surface area contributed by atoms with Gasteiger partial charge in [0.05, 0.1) is 12.2 Å². The molecule has 0 N–H and O–H groups in total. The molecule has 5 nitrogen and oxygen atoms in total. The monoisotopic (exact) mass is 458 g/mol. The molecule has 1 aromatic heterocycles. The quantitative estimate of drug-likeness (QED) is 0.469. The second-order valence-corrected chi connectivity index (χ2v) is 9.04. The van der Waals surface area contributed by atoms with E-state index in [9.17, 15) is 4.79 Å². The van der Waals surface area contributed by atoms with Gasteiger partial charge in [-0.25, -0.2) is 4.79 Å². The molecule has 1 aliphatic heterocycles. The van der Waals surface area contributed by atoms with Gasteiger partial charge in [0.2, 0.25) is 0 Å². The molecule has 3 rings (SSSR count). The predicted octanol–water partition coefficient (Wildman–Crippen LogP) is 4.40. The minimum atomic E-state index is -0.463. The fraction of sp³-hybridized carbons (Fsp3) is 0.684. The van der Waals surface area contributed by atoms with Crippen LogP contribution in [0.3, 0.4) is 0 Å². The molecule has 1 aromatic rings. The largest absolute Gasteiger partial charge is 0.490 e. The predicted molar refractivity (Wildman–Crippen MR) is 105 cm³/mol. The van der Waals surface area contributed by atoms with Crippen molar-refractivity contribution in [3.05, 3.63) is 24.0 Å². The zero-order chi connectivity index (χ0) is 18.0. The molecule has 0 radical (unpaired) electrons. The maximum Gasteiger partial charge on any atom is 0.410 e. The fourth-order valence-electron chi connectivity index (χ4n) is 3.20. The Labute approximate surface area is 163 Å². The fourth-order valence-corrected chi connectivity index (χ4v) is 4.00. The Morgan fingerprint density at radius 2 is 2.20 bits per heavy atom. The number of hydrogen-bond acceptors (Lipinski definition) is 4. The van der Waals surface area contributed by atoms with E-state index in [1.807, 2.05) is 27.0 Å². The highest BCUT2D eigenvalue weighted by atomic mass is 127. The molecular formula is C19H27IN2O3. The van der Waals surface area contributed by atoms with E-state index in [0.29, 0.717) is 12.5 Å². The van der Waals surface area contributed by atoms with Gasteiger partial charge < -0.3 is 14.4 Å². The number of rotatable bonds is 6. The third kappa shape index (κ3) is 4.99. The number of carbonyl (C=O) groups is 1. The van der Waals surface area contributed by atoms with Crippen molar-refractivity contribution in [2.24, 2.45) is 5.92 Å². The highest BCUT2D eigenvalue weighted by Gasteiger charge is 2.38. The molecule has 1 saturated carbocycles. The van der Waals surface area contributed by atoms with E-state index in [1.54, 1.807) is 11.1 Å². The Hall–Kier alpha value is -1.05. The average Bonchev–Trinajstić information content (AvgIpc) is 3.24. The van der Waals surface area contributed by atoms with E-state index in [4.69, 9.17) is 9.47 Å². The number of nitrogens with zero attached hydrogens (tertiary/aromatic N) is 2. The van der Waals surface area contributed by atoms with Crippen LogP contribution in [0.15, 0.2) is 18.5 Å². The number of aromatic nitrogens is 1. The summed E-state index contributed by atoms with van der Waals surface area (Å²) in [5, 5.41) is 0. The molecule has 1 aliphatic carbocycles. The van der Waals surface area contributed by atoms with Gasteiger partial charge in [0, 0.05) is 12.7 Å². The Balaban J connectivity index is 1.50. The summed E-state index contributed by atoms with van der Waals surface area (Å²) in [4.78, 5) is 18.2. The molecule has 2 fully saturated rings. The van der Waals surface area contributed by atoms with Crippen molar-refractivity contribution < 1.29 is 14.3 Å². The van der Waals surface area contributed by atoms with E-state index in [1.165, 1.54) is 22.8 Å². The standard InChI is InChI=1S/C19H27IN2O3/c1-19(2,3)25-18(23)22-7-5-15(22)12-24-16-8-14(10-21-11-16)17-9-13(17)4-6-20/h8,10-11,13,15,17H,4-7,9,12H2,1-3H3/t13-,15-,17-/m0/s1. The van der Waals surface area contributed by atoms with Gasteiger partial charge in [-0.2, -0.15) is 0 Å². The van der Waals surface area contributed by atoms with Crippen molar-refractivity contribution in [3.63, 3.8) is 0 Å². The lowest BCUT2D eigenvalue weighted by molar-refractivity contribution is -0.0141. The van der Waals surface area contributed by atoms with Crippen LogP contribution in [0.1, 0.15) is 51.5 Å². The summed E-state index contributed by atoms with van der Waals surface area (Å²) >= 11 is 2.44. The molecule has 1 amide bonds. The molecule has 6 heteroatoms. The molecule has 0 bridgehead atoms. The van der Waals surface area contributed by atoms with Gasteiger partial charge in [0.25, 0.3) is 0 Å². The van der Waals surface area contributed by atoms with Gasteiger partial charge in [-0.05, 0) is 67.9 Å². The number of halogens is 1. The van der Waals surface area contributed by atoms with Crippen LogP contribution in [-0.2, 0) is 4.74 Å². The number of alkyl halides is 1. The summed E-state index contributed by atoms with van der Waals surface area (Å²) in [7, 11) is 0. The van der Waals surface area contributed by atoms with Crippen LogP contribution in [0.4, 0.5) is 4.79 Å². The third-order valence-corrected chi connectivity index (χ3v) is 5.40. The molecule has 3 atom stereocenters. The summed E-state index contributed by atoms with van der Waals surface area (Å²) in [6, 6.07) is 2.20. The molecular weight excluding hydrogens is 431 g/mol. The first kappa shape index (κ1) is 18.7. The Morgan fingerprint density at radius 3 is 2.84 bits per heavy atom. The van der Waals surface area contributed by atoms with Crippen LogP contribution in [0.5, 0.6) is 5.75 Å². The van der Waals surface area contributed by atoms with Gasteiger partial charge >= 0.3 is 6.09 Å². The maximum atomic E-state index is 12.1. The van der Waals surface area contributed by atoms with Crippen molar-refractivity contribution >= 4 is 28.7 Å². The normalized spacial score (nSPS) is 25.3. The van der Waals surface area contributed by atoms with Gasteiger partial charge in [-0.15, -0.1) is 0 Å². The second kappa shape index (κ2) is 7.68. The summed E-state index contributed by atoms with van der Waals surface area (Å²) in [5.74, 6) is 2.25. The van der Waals surface area contributed by atoms with Crippen molar-refractivity contribution in [2.75, 3.05) is 17.6 Å². The Kier molecular flexibility index (Phi) is 5.75. The van der Waals surface area contributed by atoms with Gasteiger partial charge in [0.15, 0.2) is 0 Å². The van der Waals surface area contributed by atoms with E-state index >= 15 is 0 Å². The molecule has 2 aliphatic rings. The molecule has 0 unspecified atom stereocenters.